The molecule has 110 valence electrons. The molecule has 0 bridgehead atoms. The van der Waals surface area contributed by atoms with Crippen LogP contribution in [-0.4, -0.2) is 15.7 Å². The van der Waals surface area contributed by atoms with Crippen LogP contribution < -0.4 is 0 Å². The second-order valence-electron chi connectivity index (χ2n) is 4.81. The average Bonchev–Trinajstić information content (AvgIpc) is 2.87. The van der Waals surface area contributed by atoms with Gasteiger partial charge in [-0.15, -0.1) is 0 Å². The lowest BCUT2D eigenvalue weighted by atomic mass is 10.1. The van der Waals surface area contributed by atoms with Crippen LogP contribution >= 0.6 is 22.6 Å². The Morgan fingerprint density at radius 2 is 1.68 bits per heavy atom. The van der Waals surface area contributed by atoms with Gasteiger partial charge in [-0.3, -0.25) is 4.79 Å². The predicted octanol–water partition coefficient (Wildman–Crippen LogP) is 4.62. The van der Waals surface area contributed by atoms with E-state index in [-0.39, 0.29) is 11.7 Å². The molecule has 0 aliphatic heterocycles. The summed E-state index contributed by atoms with van der Waals surface area (Å²) in [5.41, 5.74) is 3.13. The standard InChI is InChI=1S/C17H12FIN2O/c1-11(22)21-17(13-7-9-14(18)10-8-13)15(19)16(20-21)12-5-3-2-4-6-12/h2-10H,1H3. The summed E-state index contributed by atoms with van der Waals surface area (Å²) < 4.78 is 15.4. The number of carbonyl (C=O) groups excluding carboxylic acids is 1. The van der Waals surface area contributed by atoms with Crippen LogP contribution in [0.5, 0.6) is 0 Å². The first kappa shape index (κ1) is 14.9. The van der Waals surface area contributed by atoms with E-state index in [1.807, 2.05) is 30.3 Å². The number of hydrogen-bond donors (Lipinski definition) is 0. The summed E-state index contributed by atoms with van der Waals surface area (Å²) in [7, 11) is 0. The van der Waals surface area contributed by atoms with Gasteiger partial charge in [0.2, 0.25) is 5.91 Å². The maximum absolute atomic E-state index is 13.1. The number of nitrogens with zero attached hydrogens (tertiary/aromatic N) is 2. The summed E-state index contributed by atoms with van der Waals surface area (Å²) in [5.74, 6) is -0.490. The summed E-state index contributed by atoms with van der Waals surface area (Å²) in [6.45, 7) is 1.46. The normalized spacial score (nSPS) is 10.7. The van der Waals surface area contributed by atoms with Gasteiger partial charge in [0.15, 0.2) is 0 Å². The van der Waals surface area contributed by atoms with Crippen molar-refractivity contribution in [3.05, 3.63) is 64.0 Å². The first-order valence-electron chi connectivity index (χ1n) is 6.68. The minimum Gasteiger partial charge on any atom is -0.273 e. The lowest BCUT2D eigenvalue weighted by Gasteiger charge is -2.04. The van der Waals surface area contributed by atoms with Crippen LogP contribution in [0, 0.1) is 9.39 Å². The highest BCUT2D eigenvalue weighted by molar-refractivity contribution is 14.1. The molecule has 1 aromatic heterocycles. The van der Waals surface area contributed by atoms with Gasteiger partial charge in [-0.05, 0) is 46.9 Å². The van der Waals surface area contributed by atoms with Gasteiger partial charge in [0.1, 0.15) is 11.5 Å². The fourth-order valence-electron chi connectivity index (χ4n) is 2.26. The van der Waals surface area contributed by atoms with E-state index in [0.717, 1.165) is 20.4 Å². The van der Waals surface area contributed by atoms with Gasteiger partial charge in [0, 0.05) is 18.1 Å². The van der Waals surface area contributed by atoms with E-state index in [9.17, 15) is 9.18 Å². The smallest absolute Gasteiger partial charge is 0.244 e. The summed E-state index contributed by atoms with van der Waals surface area (Å²) in [5, 5.41) is 4.44. The Morgan fingerprint density at radius 3 is 2.27 bits per heavy atom. The molecule has 0 atom stereocenters. The molecular formula is C17H12FIN2O. The predicted molar refractivity (Wildman–Crippen MR) is 92.1 cm³/mol. The van der Waals surface area contributed by atoms with Crippen molar-refractivity contribution in [2.45, 2.75) is 6.92 Å². The topological polar surface area (TPSA) is 34.9 Å². The number of benzene rings is 2. The van der Waals surface area contributed by atoms with Gasteiger partial charge in [0.05, 0.1) is 9.26 Å². The maximum Gasteiger partial charge on any atom is 0.244 e. The molecule has 5 heteroatoms. The van der Waals surface area contributed by atoms with E-state index in [2.05, 4.69) is 27.7 Å². The molecule has 0 unspecified atom stereocenters. The molecule has 0 saturated carbocycles. The Labute approximate surface area is 140 Å². The molecule has 0 amide bonds. The van der Waals surface area contributed by atoms with Crippen LogP contribution in [-0.2, 0) is 0 Å². The highest BCUT2D eigenvalue weighted by Gasteiger charge is 2.20. The molecule has 0 fully saturated rings. The molecule has 0 N–H and O–H groups in total. The third kappa shape index (κ3) is 2.68. The van der Waals surface area contributed by atoms with E-state index in [0.29, 0.717) is 5.69 Å². The monoisotopic (exact) mass is 406 g/mol. The largest absolute Gasteiger partial charge is 0.273 e. The fraction of sp³-hybridized carbons (Fsp3) is 0.0588. The molecule has 0 saturated heterocycles. The van der Waals surface area contributed by atoms with Crippen molar-refractivity contribution in [1.82, 2.24) is 9.78 Å². The molecule has 3 aromatic rings. The number of rotatable bonds is 2. The molecule has 0 aliphatic rings. The number of carbonyl (C=O) groups is 1. The fourth-order valence-corrected chi connectivity index (χ4v) is 3.22. The molecule has 0 aliphatic carbocycles. The van der Waals surface area contributed by atoms with Gasteiger partial charge in [-0.1, -0.05) is 30.3 Å². The Balaban J connectivity index is 2.23. The SMILES string of the molecule is CC(=O)n1nc(-c2ccccc2)c(I)c1-c1ccc(F)cc1. The average molecular weight is 406 g/mol. The van der Waals surface area contributed by atoms with Crippen LogP contribution in [0.3, 0.4) is 0 Å². The Morgan fingerprint density at radius 1 is 1.05 bits per heavy atom. The first-order chi connectivity index (χ1) is 10.6. The first-order valence-corrected chi connectivity index (χ1v) is 7.76. The zero-order valence-electron chi connectivity index (χ0n) is 11.8. The lowest BCUT2D eigenvalue weighted by molar-refractivity contribution is 0.0923. The number of halogens is 2. The van der Waals surface area contributed by atoms with E-state index in [1.165, 1.54) is 23.7 Å². The summed E-state index contributed by atoms with van der Waals surface area (Å²) in [4.78, 5) is 11.9. The second-order valence-corrected chi connectivity index (χ2v) is 5.89. The highest BCUT2D eigenvalue weighted by Crippen LogP contribution is 2.33. The summed E-state index contributed by atoms with van der Waals surface area (Å²) in [6, 6.07) is 15.7. The van der Waals surface area contributed by atoms with E-state index in [1.54, 1.807) is 12.1 Å². The molecule has 22 heavy (non-hydrogen) atoms. The quantitative estimate of drug-likeness (QED) is 0.583. The van der Waals surface area contributed by atoms with E-state index in [4.69, 9.17) is 0 Å². The van der Waals surface area contributed by atoms with Crippen LogP contribution in [0.1, 0.15) is 11.7 Å². The van der Waals surface area contributed by atoms with Gasteiger partial charge in [-0.25, -0.2) is 4.39 Å². The van der Waals surface area contributed by atoms with Gasteiger partial charge in [0.25, 0.3) is 0 Å². The second kappa shape index (κ2) is 6.00. The van der Waals surface area contributed by atoms with Crippen LogP contribution in [0.25, 0.3) is 22.5 Å². The number of hydrogen-bond acceptors (Lipinski definition) is 2. The molecule has 2 aromatic carbocycles. The molecule has 3 nitrogen and oxygen atoms in total. The highest BCUT2D eigenvalue weighted by atomic mass is 127. The molecule has 1 heterocycles. The van der Waals surface area contributed by atoms with E-state index < -0.39 is 0 Å². The minimum atomic E-state index is -0.309. The van der Waals surface area contributed by atoms with Crippen LogP contribution in [0.15, 0.2) is 54.6 Å². The van der Waals surface area contributed by atoms with Gasteiger partial charge >= 0.3 is 0 Å². The summed E-state index contributed by atoms with van der Waals surface area (Å²) in [6.07, 6.45) is 0. The van der Waals surface area contributed by atoms with Crippen molar-refractivity contribution in [2.75, 3.05) is 0 Å². The molecular weight excluding hydrogens is 394 g/mol. The third-order valence-corrected chi connectivity index (χ3v) is 4.31. The van der Waals surface area contributed by atoms with Crippen molar-refractivity contribution < 1.29 is 9.18 Å². The Hall–Kier alpha value is -2.02. The third-order valence-electron chi connectivity index (χ3n) is 3.29. The van der Waals surface area contributed by atoms with Crippen molar-refractivity contribution >= 4 is 28.5 Å². The van der Waals surface area contributed by atoms with Crippen molar-refractivity contribution in [3.63, 3.8) is 0 Å². The molecule has 0 spiro atoms. The van der Waals surface area contributed by atoms with Crippen LogP contribution in [0.4, 0.5) is 4.39 Å². The van der Waals surface area contributed by atoms with Gasteiger partial charge < -0.3 is 0 Å². The zero-order valence-corrected chi connectivity index (χ0v) is 13.9. The Kier molecular flexibility index (Phi) is 4.06. The van der Waals surface area contributed by atoms with Crippen molar-refractivity contribution in [2.24, 2.45) is 0 Å². The summed E-state index contributed by atoms with van der Waals surface area (Å²) >= 11 is 2.18. The zero-order chi connectivity index (χ0) is 15.7. The lowest BCUT2D eigenvalue weighted by Crippen LogP contribution is -2.09. The van der Waals surface area contributed by atoms with Crippen LogP contribution in [0.2, 0.25) is 0 Å². The minimum absolute atomic E-state index is 0.181. The molecule has 0 radical (unpaired) electrons. The van der Waals surface area contributed by atoms with Gasteiger partial charge in [-0.2, -0.15) is 9.78 Å². The van der Waals surface area contributed by atoms with Crippen molar-refractivity contribution in [3.8, 4) is 22.5 Å². The Bertz CT molecular complexity index is 826. The number of aromatic nitrogens is 2. The van der Waals surface area contributed by atoms with Crippen molar-refractivity contribution in [1.29, 1.82) is 0 Å². The maximum atomic E-state index is 13.1. The van der Waals surface area contributed by atoms with E-state index >= 15 is 0 Å². The molecule has 3 rings (SSSR count).